The van der Waals surface area contributed by atoms with Gasteiger partial charge in [0.15, 0.2) is 0 Å². The second kappa shape index (κ2) is 4.06. The van der Waals surface area contributed by atoms with E-state index in [-0.39, 0.29) is 6.10 Å². The van der Waals surface area contributed by atoms with Crippen molar-refractivity contribution in [3.8, 4) is 0 Å². The number of hydrogen-bond donors (Lipinski definition) is 0. The number of ether oxygens (including phenoxy) is 1. The van der Waals surface area contributed by atoms with Crippen molar-refractivity contribution >= 4 is 15.9 Å². The fraction of sp³-hybridized carbons (Fsp3) is 0.300. The van der Waals surface area contributed by atoms with Crippen LogP contribution in [0.2, 0.25) is 0 Å². The van der Waals surface area contributed by atoms with Crippen LogP contribution in [0.25, 0.3) is 0 Å². The van der Waals surface area contributed by atoms with Crippen LogP contribution in [-0.4, -0.2) is 7.11 Å². The Kier molecular flexibility index (Phi) is 3.29. The molecule has 0 aromatic heterocycles. The van der Waals surface area contributed by atoms with E-state index in [1.54, 1.807) is 7.11 Å². The maximum atomic E-state index is 5.11. The Balaban J connectivity index is 3.00. The fourth-order valence-electron chi connectivity index (χ4n) is 1.09. The molecule has 65 valence electrons. The minimum atomic E-state index is -0.0822. The van der Waals surface area contributed by atoms with Crippen molar-refractivity contribution in [2.24, 2.45) is 0 Å². The molecule has 2 heteroatoms. The molecule has 0 aliphatic heterocycles. The average molecular weight is 228 g/mol. The Morgan fingerprint density at radius 2 is 2.08 bits per heavy atom. The summed E-state index contributed by atoms with van der Waals surface area (Å²) in [7, 11) is 1.66. The minimum absolute atomic E-state index is 0.0822. The van der Waals surface area contributed by atoms with Gasteiger partial charge in [-0.05, 0) is 37.1 Å². The molecule has 0 amide bonds. The Hall–Kier alpha value is -0.340. The number of rotatable bonds is 2. The van der Waals surface area contributed by atoms with Crippen molar-refractivity contribution < 1.29 is 4.74 Å². The molecular formula is C10H12BrO. The SMILES string of the molecule is [CH2]C(OC)c1cc(C)cc(Br)c1. The van der Waals surface area contributed by atoms with E-state index < -0.39 is 0 Å². The first kappa shape index (κ1) is 9.75. The van der Waals surface area contributed by atoms with Gasteiger partial charge in [0.1, 0.15) is 0 Å². The summed E-state index contributed by atoms with van der Waals surface area (Å²) in [5.41, 5.74) is 2.31. The summed E-state index contributed by atoms with van der Waals surface area (Å²) in [5, 5.41) is 0. The highest BCUT2D eigenvalue weighted by Gasteiger charge is 2.04. The third-order valence-electron chi connectivity index (χ3n) is 1.72. The first-order chi connectivity index (χ1) is 5.63. The molecular weight excluding hydrogens is 216 g/mol. The molecule has 1 unspecified atom stereocenters. The topological polar surface area (TPSA) is 9.23 Å². The van der Waals surface area contributed by atoms with Gasteiger partial charge in [-0.3, -0.25) is 0 Å². The van der Waals surface area contributed by atoms with Gasteiger partial charge >= 0.3 is 0 Å². The second-order valence-electron chi connectivity index (χ2n) is 2.79. The number of halogens is 1. The first-order valence-corrected chi connectivity index (χ1v) is 4.55. The van der Waals surface area contributed by atoms with Crippen molar-refractivity contribution in [3.63, 3.8) is 0 Å². The minimum Gasteiger partial charge on any atom is -0.377 e. The van der Waals surface area contributed by atoms with Crippen LogP contribution in [-0.2, 0) is 4.74 Å². The predicted octanol–water partition coefficient (Wildman–Crippen LogP) is 3.28. The molecule has 0 aliphatic rings. The van der Waals surface area contributed by atoms with Gasteiger partial charge in [0.25, 0.3) is 0 Å². The summed E-state index contributed by atoms with van der Waals surface area (Å²) in [4.78, 5) is 0. The highest BCUT2D eigenvalue weighted by atomic mass is 79.9. The molecule has 1 rings (SSSR count). The number of benzene rings is 1. The van der Waals surface area contributed by atoms with E-state index in [2.05, 4.69) is 41.9 Å². The zero-order valence-electron chi connectivity index (χ0n) is 7.30. The molecule has 0 N–H and O–H groups in total. The predicted molar refractivity (Wildman–Crippen MR) is 54.0 cm³/mol. The van der Waals surface area contributed by atoms with Gasteiger partial charge in [-0.2, -0.15) is 0 Å². The molecule has 1 aromatic rings. The van der Waals surface area contributed by atoms with Crippen LogP contribution in [0.1, 0.15) is 17.2 Å². The van der Waals surface area contributed by atoms with Crippen molar-refractivity contribution in [1.82, 2.24) is 0 Å². The van der Waals surface area contributed by atoms with Crippen LogP contribution in [0.5, 0.6) is 0 Å². The van der Waals surface area contributed by atoms with E-state index >= 15 is 0 Å². The van der Waals surface area contributed by atoms with E-state index in [9.17, 15) is 0 Å². The van der Waals surface area contributed by atoms with E-state index in [0.717, 1.165) is 10.0 Å². The number of methoxy groups -OCH3 is 1. The third kappa shape index (κ3) is 2.32. The van der Waals surface area contributed by atoms with Gasteiger partial charge in [0.2, 0.25) is 0 Å². The van der Waals surface area contributed by atoms with Gasteiger partial charge in [-0.25, -0.2) is 0 Å². The highest BCUT2D eigenvalue weighted by molar-refractivity contribution is 9.10. The molecule has 1 aromatic carbocycles. The maximum absolute atomic E-state index is 5.11. The Morgan fingerprint density at radius 3 is 2.58 bits per heavy atom. The number of aryl methyl sites for hydroxylation is 1. The van der Waals surface area contributed by atoms with Gasteiger partial charge in [-0.15, -0.1) is 0 Å². The monoisotopic (exact) mass is 227 g/mol. The molecule has 0 aliphatic carbocycles. The van der Waals surface area contributed by atoms with Crippen LogP contribution in [0.15, 0.2) is 22.7 Å². The average Bonchev–Trinajstić information content (AvgIpc) is 2.01. The second-order valence-corrected chi connectivity index (χ2v) is 3.70. The van der Waals surface area contributed by atoms with Crippen LogP contribution < -0.4 is 0 Å². The third-order valence-corrected chi connectivity index (χ3v) is 2.18. The highest BCUT2D eigenvalue weighted by Crippen LogP contribution is 2.21. The zero-order chi connectivity index (χ0) is 9.14. The molecule has 12 heavy (non-hydrogen) atoms. The quantitative estimate of drug-likeness (QED) is 0.754. The van der Waals surface area contributed by atoms with Crippen molar-refractivity contribution in [2.45, 2.75) is 13.0 Å². The Labute approximate surface area is 81.9 Å². The standard InChI is InChI=1S/C10H12BrO/c1-7-4-9(8(2)12-3)6-10(11)5-7/h4-6,8H,2H2,1,3H3. The molecule has 0 saturated carbocycles. The summed E-state index contributed by atoms with van der Waals surface area (Å²) in [6, 6.07) is 6.16. The first-order valence-electron chi connectivity index (χ1n) is 3.76. The van der Waals surface area contributed by atoms with Crippen molar-refractivity contribution in [3.05, 3.63) is 40.7 Å². The van der Waals surface area contributed by atoms with E-state index in [4.69, 9.17) is 4.74 Å². The summed E-state index contributed by atoms with van der Waals surface area (Å²) in [5.74, 6) is 0. The lowest BCUT2D eigenvalue weighted by Gasteiger charge is -2.10. The summed E-state index contributed by atoms with van der Waals surface area (Å²) in [6.07, 6.45) is -0.0822. The van der Waals surface area contributed by atoms with E-state index in [1.807, 2.05) is 6.07 Å². The summed E-state index contributed by atoms with van der Waals surface area (Å²) < 4.78 is 6.19. The van der Waals surface area contributed by atoms with Crippen molar-refractivity contribution in [2.75, 3.05) is 7.11 Å². The molecule has 1 radical (unpaired) electrons. The molecule has 0 fully saturated rings. The molecule has 1 nitrogen and oxygen atoms in total. The smallest absolute Gasteiger partial charge is 0.0822 e. The number of hydrogen-bond acceptors (Lipinski definition) is 1. The largest absolute Gasteiger partial charge is 0.377 e. The van der Waals surface area contributed by atoms with Gasteiger partial charge < -0.3 is 4.74 Å². The molecule has 1 atom stereocenters. The van der Waals surface area contributed by atoms with Crippen LogP contribution in [0.4, 0.5) is 0 Å². The van der Waals surface area contributed by atoms with Crippen LogP contribution >= 0.6 is 15.9 Å². The van der Waals surface area contributed by atoms with E-state index in [1.165, 1.54) is 5.56 Å². The molecule has 0 spiro atoms. The summed E-state index contributed by atoms with van der Waals surface area (Å²) >= 11 is 3.43. The summed E-state index contributed by atoms with van der Waals surface area (Å²) in [6.45, 7) is 5.92. The molecule has 0 saturated heterocycles. The lowest BCUT2D eigenvalue weighted by Crippen LogP contribution is -1.96. The van der Waals surface area contributed by atoms with Gasteiger partial charge in [0.05, 0.1) is 6.10 Å². The molecule has 0 bridgehead atoms. The lowest BCUT2D eigenvalue weighted by molar-refractivity contribution is 0.140. The fourth-order valence-corrected chi connectivity index (χ4v) is 1.71. The normalized spacial score (nSPS) is 13.0. The van der Waals surface area contributed by atoms with Gasteiger partial charge in [0, 0.05) is 11.6 Å². The van der Waals surface area contributed by atoms with Gasteiger partial charge in [-0.1, -0.05) is 22.0 Å². The van der Waals surface area contributed by atoms with Crippen molar-refractivity contribution in [1.29, 1.82) is 0 Å². The Morgan fingerprint density at radius 1 is 1.42 bits per heavy atom. The lowest BCUT2D eigenvalue weighted by atomic mass is 10.1. The van der Waals surface area contributed by atoms with Crippen LogP contribution in [0, 0.1) is 13.8 Å². The molecule has 0 heterocycles. The Bertz CT molecular complexity index is 250. The zero-order valence-corrected chi connectivity index (χ0v) is 8.89. The van der Waals surface area contributed by atoms with E-state index in [0.29, 0.717) is 0 Å². The van der Waals surface area contributed by atoms with Crippen LogP contribution in [0.3, 0.4) is 0 Å². The maximum Gasteiger partial charge on any atom is 0.0822 e.